The predicted molar refractivity (Wildman–Crippen MR) is 64.2 cm³/mol. The summed E-state index contributed by atoms with van der Waals surface area (Å²) in [7, 11) is 2.13. The average Bonchev–Trinajstić information content (AvgIpc) is 2.02. The molecule has 0 aromatic rings. The third-order valence-electron chi connectivity index (χ3n) is 1.95. The minimum Gasteiger partial charge on any atom is -0.659 e. The first-order valence-electron chi connectivity index (χ1n) is 5.54. The first-order chi connectivity index (χ1) is 6.52. The molecule has 16 heavy (non-hydrogen) atoms. The Labute approximate surface area is 126 Å². The molecule has 0 atom stereocenters. The van der Waals surface area contributed by atoms with Gasteiger partial charge >= 0.3 is 37.7 Å². The summed E-state index contributed by atoms with van der Waals surface area (Å²) in [6.07, 6.45) is 0. The molecule has 0 aliphatic heterocycles. The van der Waals surface area contributed by atoms with Crippen molar-refractivity contribution in [2.24, 2.45) is 0 Å². The fourth-order valence-electron chi connectivity index (χ4n) is 1.09. The Bertz CT molecular complexity index is 118. The molecule has 0 saturated carbocycles. The maximum Gasteiger partial charge on any atom is 1.00 e. The van der Waals surface area contributed by atoms with Crippen molar-refractivity contribution < 1.29 is 37.7 Å². The van der Waals surface area contributed by atoms with Crippen LogP contribution in [-0.4, -0.2) is 50.2 Å². The van der Waals surface area contributed by atoms with Crippen LogP contribution in [0.5, 0.6) is 0 Å². The van der Waals surface area contributed by atoms with E-state index >= 15 is 0 Å². The summed E-state index contributed by atoms with van der Waals surface area (Å²) in [4.78, 5) is 2.29. The summed E-state index contributed by atoms with van der Waals surface area (Å²) >= 11 is 0. The van der Waals surface area contributed by atoms with E-state index < -0.39 is 0 Å². The summed E-state index contributed by atoms with van der Waals surface area (Å²) in [5.74, 6) is 0. The van der Waals surface area contributed by atoms with Crippen molar-refractivity contribution in [3.8, 4) is 0 Å². The first-order valence-corrected chi connectivity index (χ1v) is 5.54. The van der Waals surface area contributed by atoms with Gasteiger partial charge in [-0.3, -0.25) is 0 Å². The summed E-state index contributed by atoms with van der Waals surface area (Å²) in [5, 5.41) is 8.87. The van der Waals surface area contributed by atoms with Crippen LogP contribution in [0.4, 0.5) is 0 Å². The number of nitrogens with zero attached hydrogens (tertiary/aromatic N) is 3. The van der Waals surface area contributed by atoms with Crippen LogP contribution in [0.2, 0.25) is 0 Å². The molecule has 86 valence electrons. The molecule has 0 aliphatic carbocycles. The van der Waals surface area contributed by atoms with E-state index in [1.54, 1.807) is 0 Å². The van der Waals surface area contributed by atoms with Crippen LogP contribution in [0, 0.1) is 0 Å². The van der Waals surface area contributed by atoms with E-state index in [4.69, 9.17) is 0 Å². The number of likely N-dealkylation sites (N-methyl/N-ethyl adjacent to an activating group) is 1. The smallest absolute Gasteiger partial charge is 0.659 e. The van der Waals surface area contributed by atoms with Gasteiger partial charge in [-0.15, -0.1) is 25.2 Å². The van der Waals surface area contributed by atoms with Gasteiger partial charge in [0, 0.05) is 0 Å². The Kier molecular flexibility index (Phi) is 19.7. The van der Waals surface area contributed by atoms with Crippen LogP contribution in [0.3, 0.4) is 0 Å². The van der Waals surface area contributed by atoms with E-state index in [9.17, 15) is 0 Å². The van der Waals surface area contributed by atoms with Crippen LogP contribution in [0.15, 0.2) is 0 Å². The molecule has 0 fully saturated rings. The second-order valence-corrected chi connectivity index (χ2v) is 4.30. The van der Waals surface area contributed by atoms with Crippen molar-refractivity contribution in [2.75, 3.05) is 33.2 Å². The molecule has 0 aromatic heterocycles. The zero-order chi connectivity index (χ0) is 11.0. The summed E-state index contributed by atoms with van der Waals surface area (Å²) < 4.78 is 0. The molecule has 3 nitrogen and oxygen atoms in total. The zero-order valence-electron chi connectivity index (χ0n) is 12.3. The van der Waals surface area contributed by atoms with Crippen LogP contribution < -0.4 is 37.7 Å². The Morgan fingerprint density at radius 1 is 0.812 bits per heavy atom. The first kappa shape index (κ1) is 22.3. The molecule has 0 spiro atoms. The molecule has 0 radical (unpaired) electrons. The van der Waals surface area contributed by atoms with Crippen LogP contribution in [-0.2, 0) is 0 Å². The van der Waals surface area contributed by atoms with E-state index in [0.717, 1.165) is 26.2 Å². The molecule has 0 saturated heterocycles. The molecular formula is C11H25Li2N3. The number of hydrogen-bond acceptors (Lipinski definition) is 1. The van der Waals surface area contributed by atoms with Crippen molar-refractivity contribution in [1.29, 1.82) is 0 Å². The Balaban J connectivity index is -0.000000845. The summed E-state index contributed by atoms with van der Waals surface area (Å²) in [6.45, 7) is 12.5. The summed E-state index contributed by atoms with van der Waals surface area (Å²) in [6, 6.07) is 0.924. The average molecular weight is 213 g/mol. The van der Waals surface area contributed by atoms with Gasteiger partial charge in [0.15, 0.2) is 0 Å². The van der Waals surface area contributed by atoms with E-state index in [0.29, 0.717) is 12.1 Å². The monoisotopic (exact) mass is 213 g/mol. The standard InChI is InChI=1S/C11H25N3.2Li/c1-10(2)12-6-8-14(5)9-7-13-11(3)4;;/h10-11H,6-9H2,1-5H3;;/q-2;2*+1. The Morgan fingerprint density at radius 3 is 1.38 bits per heavy atom. The Hall–Kier alpha value is 1.07. The van der Waals surface area contributed by atoms with Crippen molar-refractivity contribution in [1.82, 2.24) is 4.90 Å². The Morgan fingerprint density at radius 2 is 1.12 bits per heavy atom. The molecule has 0 heterocycles. The van der Waals surface area contributed by atoms with Gasteiger partial charge in [0.2, 0.25) is 0 Å². The molecule has 0 aromatic carbocycles. The van der Waals surface area contributed by atoms with E-state index in [2.05, 4.69) is 50.3 Å². The van der Waals surface area contributed by atoms with Crippen LogP contribution in [0.25, 0.3) is 10.6 Å². The van der Waals surface area contributed by atoms with E-state index in [-0.39, 0.29) is 37.7 Å². The fraction of sp³-hybridized carbons (Fsp3) is 1.00. The number of hydrogen-bond donors (Lipinski definition) is 0. The van der Waals surface area contributed by atoms with Gasteiger partial charge in [0.1, 0.15) is 0 Å². The van der Waals surface area contributed by atoms with Gasteiger partial charge in [-0.05, 0) is 20.1 Å². The van der Waals surface area contributed by atoms with Gasteiger partial charge in [-0.2, -0.15) is 0 Å². The minimum absolute atomic E-state index is 0. The van der Waals surface area contributed by atoms with Gasteiger partial charge < -0.3 is 15.5 Å². The van der Waals surface area contributed by atoms with Gasteiger partial charge in [-0.1, -0.05) is 27.7 Å². The SMILES string of the molecule is CC(C)[N-]CCN(C)CC[N-]C(C)C.[Li+].[Li+]. The van der Waals surface area contributed by atoms with Gasteiger partial charge in [-0.25, -0.2) is 0 Å². The third-order valence-corrected chi connectivity index (χ3v) is 1.95. The summed E-state index contributed by atoms with van der Waals surface area (Å²) in [5.41, 5.74) is 0. The van der Waals surface area contributed by atoms with Gasteiger partial charge in [0.05, 0.1) is 0 Å². The molecule has 0 aliphatic rings. The van der Waals surface area contributed by atoms with E-state index in [1.165, 1.54) is 0 Å². The second kappa shape index (κ2) is 14.1. The zero-order valence-corrected chi connectivity index (χ0v) is 12.3. The minimum atomic E-state index is 0. The maximum absolute atomic E-state index is 4.44. The number of rotatable bonds is 8. The van der Waals surface area contributed by atoms with Crippen molar-refractivity contribution in [3.63, 3.8) is 0 Å². The van der Waals surface area contributed by atoms with Crippen molar-refractivity contribution >= 4 is 0 Å². The molecule has 0 N–H and O–H groups in total. The maximum atomic E-state index is 4.44. The predicted octanol–water partition coefficient (Wildman–Crippen LogP) is -3.51. The quantitative estimate of drug-likeness (QED) is 0.385. The third kappa shape index (κ3) is 17.5. The van der Waals surface area contributed by atoms with Gasteiger partial charge in [0.25, 0.3) is 0 Å². The largest absolute Gasteiger partial charge is 1.00 e. The van der Waals surface area contributed by atoms with Crippen molar-refractivity contribution in [3.05, 3.63) is 10.6 Å². The topological polar surface area (TPSA) is 31.4 Å². The molecular weight excluding hydrogens is 188 g/mol. The molecule has 0 rings (SSSR count). The van der Waals surface area contributed by atoms with E-state index in [1.807, 2.05) is 0 Å². The molecule has 0 bridgehead atoms. The molecule has 5 heteroatoms. The fourth-order valence-corrected chi connectivity index (χ4v) is 1.09. The van der Waals surface area contributed by atoms with Crippen molar-refractivity contribution in [2.45, 2.75) is 39.8 Å². The molecule has 0 amide bonds. The van der Waals surface area contributed by atoms with Crippen LogP contribution >= 0.6 is 0 Å². The second-order valence-electron chi connectivity index (χ2n) is 4.30. The normalized spacial score (nSPS) is 10.5. The molecule has 0 unspecified atom stereocenters. The van der Waals surface area contributed by atoms with Crippen LogP contribution in [0.1, 0.15) is 27.7 Å².